The number of nitrogens with one attached hydrogen (secondary N) is 2. The maximum absolute atomic E-state index is 11.8. The van der Waals surface area contributed by atoms with Gasteiger partial charge in [-0.05, 0) is 41.0 Å². The first kappa shape index (κ1) is 17.4. The Morgan fingerprint density at radius 3 is 2.28 bits per heavy atom. The lowest BCUT2D eigenvalue weighted by Crippen LogP contribution is -2.48. The molecule has 0 spiro atoms. The van der Waals surface area contributed by atoms with E-state index in [4.69, 9.17) is 5.73 Å². The smallest absolute Gasteiger partial charge is 0.222 e. The van der Waals surface area contributed by atoms with Gasteiger partial charge >= 0.3 is 0 Å². The van der Waals surface area contributed by atoms with Gasteiger partial charge in [0.05, 0.1) is 6.10 Å². The molecular formula is C13H29N3O2. The van der Waals surface area contributed by atoms with Gasteiger partial charge in [-0.3, -0.25) is 4.79 Å². The number of hydrogen-bond acceptors (Lipinski definition) is 4. The van der Waals surface area contributed by atoms with E-state index in [0.717, 1.165) is 0 Å². The monoisotopic (exact) mass is 259 g/mol. The van der Waals surface area contributed by atoms with Crippen molar-refractivity contribution in [3.8, 4) is 0 Å². The van der Waals surface area contributed by atoms with Crippen molar-refractivity contribution in [1.29, 1.82) is 0 Å². The fourth-order valence-electron chi connectivity index (χ4n) is 1.89. The average molecular weight is 259 g/mol. The van der Waals surface area contributed by atoms with Crippen molar-refractivity contribution in [1.82, 2.24) is 10.6 Å². The molecule has 0 aromatic carbocycles. The molecule has 0 heterocycles. The van der Waals surface area contributed by atoms with Crippen LogP contribution in [0.2, 0.25) is 0 Å². The van der Waals surface area contributed by atoms with E-state index in [1.807, 2.05) is 27.7 Å². The molecule has 0 aliphatic heterocycles. The first-order valence-corrected chi connectivity index (χ1v) is 6.59. The Hall–Kier alpha value is -0.650. The Kier molecular flexibility index (Phi) is 7.43. The van der Waals surface area contributed by atoms with E-state index < -0.39 is 0 Å². The molecule has 0 saturated carbocycles. The summed E-state index contributed by atoms with van der Waals surface area (Å²) in [5, 5.41) is 15.5. The molecule has 0 fully saturated rings. The summed E-state index contributed by atoms with van der Waals surface area (Å²) in [4.78, 5) is 11.8. The second-order valence-electron chi connectivity index (χ2n) is 6.09. The minimum absolute atomic E-state index is 0.00491. The third-order valence-corrected chi connectivity index (χ3v) is 2.45. The summed E-state index contributed by atoms with van der Waals surface area (Å²) < 4.78 is 0. The quantitative estimate of drug-likeness (QED) is 0.532. The Balaban J connectivity index is 4.14. The average Bonchev–Trinajstić information content (AvgIpc) is 2.11. The van der Waals surface area contributed by atoms with Crippen molar-refractivity contribution in [2.75, 3.05) is 6.54 Å². The minimum Gasteiger partial charge on any atom is -0.393 e. The lowest BCUT2D eigenvalue weighted by atomic mass is 10.1. The number of amides is 1. The summed E-state index contributed by atoms with van der Waals surface area (Å²) in [5.74, 6) is -0.00491. The number of rotatable bonds is 7. The minimum atomic E-state index is -0.352. The lowest BCUT2D eigenvalue weighted by Gasteiger charge is -2.25. The van der Waals surface area contributed by atoms with Crippen LogP contribution >= 0.6 is 0 Å². The van der Waals surface area contributed by atoms with Gasteiger partial charge < -0.3 is 21.5 Å². The maximum Gasteiger partial charge on any atom is 0.222 e. The van der Waals surface area contributed by atoms with Crippen molar-refractivity contribution in [2.24, 2.45) is 5.73 Å². The number of aliphatic hydroxyl groups excluding tert-OH is 1. The highest BCUT2D eigenvalue weighted by Gasteiger charge is 2.19. The molecule has 0 aromatic rings. The summed E-state index contributed by atoms with van der Waals surface area (Å²) >= 11 is 0. The van der Waals surface area contributed by atoms with Gasteiger partial charge in [0.2, 0.25) is 5.91 Å². The van der Waals surface area contributed by atoms with Crippen molar-refractivity contribution in [3.63, 3.8) is 0 Å². The molecule has 0 aromatic heterocycles. The van der Waals surface area contributed by atoms with E-state index in [0.29, 0.717) is 19.4 Å². The highest BCUT2D eigenvalue weighted by atomic mass is 16.3. The predicted octanol–water partition coefficient (Wildman–Crippen LogP) is 0.368. The zero-order valence-corrected chi connectivity index (χ0v) is 12.3. The number of carbonyl (C=O) groups is 1. The summed E-state index contributed by atoms with van der Waals surface area (Å²) in [7, 11) is 0. The standard InChI is InChI=1S/C13H29N3O2/c1-9(6-10(2)17)15-11(8-14)7-12(18)16-13(3,4)5/h9-11,15,17H,6-8,14H2,1-5H3,(H,16,18). The Bertz CT molecular complexity index is 249. The number of hydrogen-bond donors (Lipinski definition) is 4. The van der Waals surface area contributed by atoms with Crippen LogP contribution in [-0.4, -0.2) is 41.3 Å². The van der Waals surface area contributed by atoms with Gasteiger partial charge in [-0.25, -0.2) is 0 Å². The van der Waals surface area contributed by atoms with E-state index >= 15 is 0 Å². The van der Waals surface area contributed by atoms with Gasteiger partial charge in [0.1, 0.15) is 0 Å². The van der Waals surface area contributed by atoms with Crippen LogP contribution in [-0.2, 0) is 4.79 Å². The molecular weight excluding hydrogens is 230 g/mol. The molecule has 0 rings (SSSR count). The van der Waals surface area contributed by atoms with E-state index in [2.05, 4.69) is 10.6 Å². The second-order valence-corrected chi connectivity index (χ2v) is 6.09. The molecule has 5 heteroatoms. The zero-order chi connectivity index (χ0) is 14.3. The fourth-order valence-corrected chi connectivity index (χ4v) is 1.89. The van der Waals surface area contributed by atoms with Gasteiger partial charge in [-0.2, -0.15) is 0 Å². The normalized spacial score (nSPS) is 17.1. The molecule has 108 valence electrons. The van der Waals surface area contributed by atoms with Crippen molar-refractivity contribution < 1.29 is 9.90 Å². The van der Waals surface area contributed by atoms with Crippen LogP contribution in [0.15, 0.2) is 0 Å². The van der Waals surface area contributed by atoms with Gasteiger partial charge in [0.15, 0.2) is 0 Å². The van der Waals surface area contributed by atoms with E-state index in [-0.39, 0.29) is 29.6 Å². The largest absolute Gasteiger partial charge is 0.393 e. The summed E-state index contributed by atoms with van der Waals surface area (Å²) in [6, 6.07) is 0.0853. The highest BCUT2D eigenvalue weighted by molar-refractivity contribution is 5.77. The van der Waals surface area contributed by atoms with Gasteiger partial charge in [0, 0.05) is 30.6 Å². The van der Waals surface area contributed by atoms with Crippen LogP contribution in [0.3, 0.4) is 0 Å². The van der Waals surface area contributed by atoms with E-state index in [9.17, 15) is 9.90 Å². The Labute approximate surface area is 111 Å². The first-order valence-electron chi connectivity index (χ1n) is 6.59. The van der Waals surface area contributed by atoms with Crippen LogP contribution < -0.4 is 16.4 Å². The molecule has 3 unspecified atom stereocenters. The summed E-state index contributed by atoms with van der Waals surface area (Å²) in [6.45, 7) is 9.99. The Morgan fingerprint density at radius 2 is 1.89 bits per heavy atom. The molecule has 18 heavy (non-hydrogen) atoms. The molecule has 0 aliphatic rings. The van der Waals surface area contributed by atoms with Crippen LogP contribution in [0.25, 0.3) is 0 Å². The molecule has 0 saturated heterocycles. The first-order chi connectivity index (χ1) is 8.14. The van der Waals surface area contributed by atoms with Crippen LogP contribution in [0, 0.1) is 0 Å². The number of carbonyl (C=O) groups excluding carboxylic acids is 1. The van der Waals surface area contributed by atoms with Crippen LogP contribution in [0.1, 0.15) is 47.5 Å². The second kappa shape index (κ2) is 7.71. The molecule has 3 atom stereocenters. The van der Waals surface area contributed by atoms with E-state index in [1.54, 1.807) is 6.92 Å². The molecule has 0 radical (unpaired) electrons. The SMILES string of the molecule is CC(O)CC(C)NC(CN)CC(=O)NC(C)(C)C. The van der Waals surface area contributed by atoms with Crippen molar-refractivity contribution in [2.45, 2.75) is 71.2 Å². The molecule has 1 amide bonds. The topological polar surface area (TPSA) is 87.4 Å². The van der Waals surface area contributed by atoms with Crippen molar-refractivity contribution in [3.05, 3.63) is 0 Å². The van der Waals surface area contributed by atoms with Gasteiger partial charge in [-0.1, -0.05) is 0 Å². The predicted molar refractivity (Wildman–Crippen MR) is 74.3 cm³/mol. The maximum atomic E-state index is 11.8. The Morgan fingerprint density at radius 1 is 1.33 bits per heavy atom. The third kappa shape index (κ3) is 9.39. The molecule has 5 nitrogen and oxygen atoms in total. The summed E-state index contributed by atoms with van der Waals surface area (Å²) in [5.41, 5.74) is 5.44. The molecule has 0 bridgehead atoms. The lowest BCUT2D eigenvalue weighted by molar-refractivity contribution is -0.123. The number of nitrogens with two attached hydrogens (primary N) is 1. The summed E-state index contributed by atoms with van der Waals surface area (Å²) in [6.07, 6.45) is 0.657. The van der Waals surface area contributed by atoms with Crippen molar-refractivity contribution >= 4 is 5.91 Å². The number of aliphatic hydroxyl groups is 1. The van der Waals surface area contributed by atoms with E-state index in [1.165, 1.54) is 0 Å². The zero-order valence-electron chi connectivity index (χ0n) is 12.3. The van der Waals surface area contributed by atoms with Crippen LogP contribution in [0.5, 0.6) is 0 Å². The molecule has 0 aliphatic carbocycles. The van der Waals surface area contributed by atoms with Crippen LogP contribution in [0.4, 0.5) is 0 Å². The van der Waals surface area contributed by atoms with Gasteiger partial charge in [0.25, 0.3) is 0 Å². The molecule has 5 N–H and O–H groups in total. The van der Waals surface area contributed by atoms with Gasteiger partial charge in [-0.15, -0.1) is 0 Å². The fraction of sp³-hybridized carbons (Fsp3) is 0.923. The third-order valence-electron chi connectivity index (χ3n) is 2.45. The highest BCUT2D eigenvalue weighted by Crippen LogP contribution is 2.03.